The standard InChI is InChI=1S/C15H10BrNO3/c16-14-7-2-1-4-11(14)8-9-15(18)12-5-3-6-13(10-12)17(19)20/h1-10H/b9-8+. The van der Waals surface area contributed by atoms with Crippen molar-refractivity contribution in [2.24, 2.45) is 0 Å². The van der Waals surface area contributed by atoms with E-state index in [1.807, 2.05) is 24.3 Å². The Morgan fingerprint density at radius 3 is 2.60 bits per heavy atom. The monoisotopic (exact) mass is 331 g/mol. The molecule has 0 heterocycles. The summed E-state index contributed by atoms with van der Waals surface area (Å²) in [4.78, 5) is 22.1. The molecule has 5 heteroatoms. The minimum absolute atomic E-state index is 0.0925. The Bertz CT molecular complexity index is 695. The molecule has 0 aromatic heterocycles. The molecule has 0 N–H and O–H groups in total. The van der Waals surface area contributed by atoms with Crippen molar-refractivity contribution in [3.63, 3.8) is 0 Å². The van der Waals surface area contributed by atoms with Gasteiger partial charge in [-0.3, -0.25) is 14.9 Å². The van der Waals surface area contributed by atoms with Crippen molar-refractivity contribution >= 4 is 33.5 Å². The number of rotatable bonds is 4. The van der Waals surface area contributed by atoms with Crippen molar-refractivity contribution in [3.05, 3.63) is 80.3 Å². The molecule has 0 bridgehead atoms. The summed E-state index contributed by atoms with van der Waals surface area (Å²) in [6.45, 7) is 0. The second kappa shape index (κ2) is 6.25. The van der Waals surface area contributed by atoms with E-state index in [1.54, 1.807) is 12.1 Å². The van der Waals surface area contributed by atoms with Crippen molar-refractivity contribution in [1.29, 1.82) is 0 Å². The maximum absolute atomic E-state index is 12.0. The van der Waals surface area contributed by atoms with Gasteiger partial charge in [0.05, 0.1) is 4.92 Å². The molecule has 0 saturated heterocycles. The number of hydrogen-bond donors (Lipinski definition) is 0. The lowest BCUT2D eigenvalue weighted by molar-refractivity contribution is -0.384. The van der Waals surface area contributed by atoms with Crippen LogP contribution in [-0.4, -0.2) is 10.7 Å². The molecule has 0 amide bonds. The van der Waals surface area contributed by atoms with E-state index in [2.05, 4.69) is 15.9 Å². The maximum Gasteiger partial charge on any atom is 0.270 e. The number of carbonyl (C=O) groups excluding carboxylic acids is 1. The summed E-state index contributed by atoms with van der Waals surface area (Å²) in [6.07, 6.45) is 3.07. The van der Waals surface area contributed by atoms with Crippen LogP contribution in [0.3, 0.4) is 0 Å². The summed E-state index contributed by atoms with van der Waals surface area (Å²) < 4.78 is 0.878. The molecule has 4 nitrogen and oxygen atoms in total. The molecule has 100 valence electrons. The van der Waals surface area contributed by atoms with Gasteiger partial charge in [-0.25, -0.2) is 0 Å². The smallest absolute Gasteiger partial charge is 0.270 e. The highest BCUT2D eigenvalue weighted by Gasteiger charge is 2.09. The van der Waals surface area contributed by atoms with Crippen LogP contribution in [-0.2, 0) is 0 Å². The summed E-state index contributed by atoms with van der Waals surface area (Å²) in [7, 11) is 0. The van der Waals surface area contributed by atoms with Crippen LogP contribution in [0, 0.1) is 10.1 Å². The van der Waals surface area contributed by atoms with Crippen molar-refractivity contribution in [3.8, 4) is 0 Å². The van der Waals surface area contributed by atoms with Gasteiger partial charge in [-0.1, -0.05) is 46.3 Å². The minimum atomic E-state index is -0.520. The van der Waals surface area contributed by atoms with Crippen LogP contribution < -0.4 is 0 Å². The summed E-state index contributed by atoms with van der Waals surface area (Å²) in [5.41, 5.74) is 1.07. The summed E-state index contributed by atoms with van der Waals surface area (Å²) >= 11 is 3.38. The molecule has 2 aromatic carbocycles. The van der Waals surface area contributed by atoms with Crippen LogP contribution in [0.15, 0.2) is 59.1 Å². The molecular formula is C15H10BrNO3. The van der Waals surface area contributed by atoms with Crippen molar-refractivity contribution in [2.75, 3.05) is 0 Å². The third kappa shape index (κ3) is 3.39. The lowest BCUT2D eigenvalue weighted by Crippen LogP contribution is -1.96. The molecule has 0 aliphatic heterocycles. The fraction of sp³-hybridized carbons (Fsp3) is 0. The Balaban J connectivity index is 2.22. The number of carbonyl (C=O) groups is 1. The number of non-ortho nitro benzene ring substituents is 1. The molecule has 0 fully saturated rings. The highest BCUT2D eigenvalue weighted by atomic mass is 79.9. The van der Waals surface area contributed by atoms with Crippen molar-refractivity contribution < 1.29 is 9.72 Å². The number of nitro groups is 1. The van der Waals surface area contributed by atoms with Gasteiger partial charge in [0, 0.05) is 22.2 Å². The largest absolute Gasteiger partial charge is 0.289 e. The molecule has 0 spiro atoms. The topological polar surface area (TPSA) is 60.2 Å². The van der Waals surface area contributed by atoms with Crippen LogP contribution >= 0.6 is 15.9 Å². The zero-order valence-corrected chi connectivity index (χ0v) is 11.9. The van der Waals surface area contributed by atoms with Gasteiger partial charge >= 0.3 is 0 Å². The lowest BCUT2D eigenvalue weighted by Gasteiger charge is -1.98. The zero-order chi connectivity index (χ0) is 14.5. The van der Waals surface area contributed by atoms with Gasteiger partial charge in [0.2, 0.25) is 0 Å². The Labute approximate surface area is 124 Å². The molecule has 0 saturated carbocycles. The van der Waals surface area contributed by atoms with Crippen molar-refractivity contribution in [1.82, 2.24) is 0 Å². The SMILES string of the molecule is O=C(/C=C/c1ccccc1Br)c1cccc([N+](=O)[O-])c1. The van der Waals surface area contributed by atoms with Crippen LogP contribution in [0.25, 0.3) is 6.08 Å². The van der Waals surface area contributed by atoms with E-state index in [0.717, 1.165) is 10.0 Å². The van der Waals surface area contributed by atoms with Gasteiger partial charge < -0.3 is 0 Å². The lowest BCUT2D eigenvalue weighted by atomic mass is 10.1. The fourth-order valence-electron chi connectivity index (χ4n) is 1.64. The average molecular weight is 332 g/mol. The van der Waals surface area contributed by atoms with Crippen LogP contribution in [0.2, 0.25) is 0 Å². The van der Waals surface area contributed by atoms with E-state index < -0.39 is 4.92 Å². The molecule has 0 unspecified atom stereocenters. The third-order valence-corrected chi connectivity index (χ3v) is 3.38. The highest BCUT2D eigenvalue weighted by molar-refractivity contribution is 9.10. The number of benzene rings is 2. The van der Waals surface area contributed by atoms with Crippen LogP contribution in [0.4, 0.5) is 5.69 Å². The third-order valence-electron chi connectivity index (χ3n) is 2.66. The molecule has 2 rings (SSSR count). The minimum Gasteiger partial charge on any atom is -0.289 e. The molecule has 0 radical (unpaired) electrons. The molecule has 2 aromatic rings. The van der Waals surface area contributed by atoms with E-state index in [4.69, 9.17) is 0 Å². The van der Waals surface area contributed by atoms with Crippen LogP contribution in [0.5, 0.6) is 0 Å². The van der Waals surface area contributed by atoms with E-state index in [9.17, 15) is 14.9 Å². The number of halogens is 1. The molecule has 0 aliphatic carbocycles. The first kappa shape index (κ1) is 14.1. The first-order valence-electron chi connectivity index (χ1n) is 5.79. The van der Waals surface area contributed by atoms with E-state index >= 15 is 0 Å². The average Bonchev–Trinajstić information content (AvgIpc) is 2.46. The summed E-state index contributed by atoms with van der Waals surface area (Å²) in [6, 6.07) is 13.2. The molecular weight excluding hydrogens is 322 g/mol. The number of nitro benzene ring substituents is 1. The second-order valence-electron chi connectivity index (χ2n) is 4.03. The number of ketones is 1. The molecule has 20 heavy (non-hydrogen) atoms. The van der Waals surface area contributed by atoms with Crippen molar-refractivity contribution in [2.45, 2.75) is 0 Å². The Hall–Kier alpha value is -2.27. The second-order valence-corrected chi connectivity index (χ2v) is 4.88. The Morgan fingerprint density at radius 2 is 1.90 bits per heavy atom. The zero-order valence-electron chi connectivity index (χ0n) is 10.3. The quantitative estimate of drug-likeness (QED) is 0.364. The maximum atomic E-state index is 12.0. The van der Waals surface area contributed by atoms with Crippen LogP contribution in [0.1, 0.15) is 15.9 Å². The number of hydrogen-bond acceptors (Lipinski definition) is 3. The van der Waals surface area contributed by atoms with Gasteiger partial charge in [0.25, 0.3) is 5.69 Å². The Kier molecular flexibility index (Phi) is 4.42. The van der Waals surface area contributed by atoms with E-state index in [1.165, 1.54) is 24.3 Å². The van der Waals surface area contributed by atoms with Gasteiger partial charge in [0.15, 0.2) is 5.78 Å². The van der Waals surface area contributed by atoms with Gasteiger partial charge in [0.1, 0.15) is 0 Å². The first-order chi connectivity index (χ1) is 9.58. The number of allylic oxidation sites excluding steroid dienone is 1. The first-order valence-corrected chi connectivity index (χ1v) is 6.58. The summed E-state index contributed by atoms with van der Waals surface area (Å²) in [5, 5.41) is 10.7. The van der Waals surface area contributed by atoms with Gasteiger partial charge in [-0.15, -0.1) is 0 Å². The highest BCUT2D eigenvalue weighted by Crippen LogP contribution is 2.18. The fourth-order valence-corrected chi connectivity index (χ4v) is 2.06. The Morgan fingerprint density at radius 1 is 1.15 bits per heavy atom. The van der Waals surface area contributed by atoms with E-state index in [0.29, 0.717) is 5.56 Å². The summed E-state index contributed by atoms with van der Waals surface area (Å²) in [5.74, 6) is -0.274. The van der Waals surface area contributed by atoms with Gasteiger partial charge in [-0.2, -0.15) is 0 Å². The van der Waals surface area contributed by atoms with E-state index in [-0.39, 0.29) is 11.5 Å². The van der Waals surface area contributed by atoms with Gasteiger partial charge in [-0.05, 0) is 23.8 Å². The predicted octanol–water partition coefficient (Wildman–Crippen LogP) is 4.25. The molecule has 0 atom stereocenters. The normalized spacial score (nSPS) is 10.7. The predicted molar refractivity (Wildman–Crippen MR) is 80.6 cm³/mol. The molecule has 0 aliphatic rings. The number of nitrogens with zero attached hydrogens (tertiary/aromatic N) is 1.